The quantitative estimate of drug-likeness (QED) is 0.193. The number of rotatable bonds is 18. The summed E-state index contributed by atoms with van der Waals surface area (Å²) in [6.07, 6.45) is 2.32. The first kappa shape index (κ1) is 35.5. The summed E-state index contributed by atoms with van der Waals surface area (Å²) in [5, 5.41) is 3.22. The predicted octanol–water partition coefficient (Wildman–Crippen LogP) is 4.17. The first-order chi connectivity index (χ1) is 20.9. The van der Waals surface area contributed by atoms with E-state index in [0.717, 1.165) is 34.8 Å². The standard InChI is InChI=1S/C33H51NO6Si3/c1-10-31(41(35-4,36-5)28-22-16-13-17-23-28)34(32(11-2)42(37-6,38-7)29-24-18-14-19-25-29)33(12-3)43(39-8,40-9)30-26-20-15-21-27-30/h13-27,31-33H,10-12H2,1-9H3. The third kappa shape index (κ3) is 6.55. The molecule has 0 aliphatic rings. The first-order valence-corrected chi connectivity index (χ1v) is 20.8. The van der Waals surface area contributed by atoms with Crippen LogP contribution in [0.25, 0.3) is 0 Å². The molecule has 3 rings (SSSR count). The van der Waals surface area contributed by atoms with Crippen LogP contribution in [0.1, 0.15) is 40.0 Å². The third-order valence-electron chi connectivity index (χ3n) is 8.90. The third-order valence-corrected chi connectivity index (χ3v) is 20.7. The monoisotopic (exact) mass is 641 g/mol. The number of hydrogen-bond donors (Lipinski definition) is 0. The van der Waals surface area contributed by atoms with Crippen molar-refractivity contribution < 1.29 is 26.6 Å². The van der Waals surface area contributed by atoms with Crippen LogP contribution in [0.3, 0.4) is 0 Å². The predicted molar refractivity (Wildman–Crippen MR) is 182 cm³/mol. The van der Waals surface area contributed by atoms with Crippen molar-refractivity contribution in [2.45, 2.75) is 57.0 Å². The van der Waals surface area contributed by atoms with Gasteiger partial charge in [-0.25, -0.2) is 0 Å². The highest BCUT2D eigenvalue weighted by atomic mass is 28.4. The normalized spacial score (nSPS) is 14.9. The van der Waals surface area contributed by atoms with Gasteiger partial charge in [0, 0.05) is 42.7 Å². The molecular formula is C33H51NO6Si3. The van der Waals surface area contributed by atoms with Crippen molar-refractivity contribution in [1.82, 2.24) is 4.90 Å². The smallest absolute Gasteiger partial charge is 0.389 e. The van der Waals surface area contributed by atoms with Gasteiger partial charge in [-0.05, 0) is 34.8 Å². The lowest BCUT2D eigenvalue weighted by Crippen LogP contribution is -2.80. The average molecular weight is 642 g/mol. The van der Waals surface area contributed by atoms with Crippen LogP contribution < -0.4 is 15.6 Å². The summed E-state index contributed by atoms with van der Waals surface area (Å²) in [6.45, 7) is 6.66. The lowest BCUT2D eigenvalue weighted by Gasteiger charge is -2.54. The summed E-state index contributed by atoms with van der Waals surface area (Å²) >= 11 is 0. The average Bonchev–Trinajstić information content (AvgIpc) is 3.08. The molecule has 0 radical (unpaired) electrons. The van der Waals surface area contributed by atoms with Gasteiger partial charge in [0.15, 0.2) is 0 Å². The molecule has 0 spiro atoms. The molecule has 3 unspecified atom stereocenters. The van der Waals surface area contributed by atoms with E-state index in [0.29, 0.717) is 0 Å². The Morgan fingerprint density at radius 1 is 0.419 bits per heavy atom. The molecule has 0 bridgehead atoms. The highest BCUT2D eigenvalue weighted by molar-refractivity contribution is 6.85. The lowest BCUT2D eigenvalue weighted by atomic mass is 10.3. The van der Waals surface area contributed by atoms with Crippen molar-refractivity contribution in [3.63, 3.8) is 0 Å². The first-order valence-electron chi connectivity index (χ1n) is 15.1. The van der Waals surface area contributed by atoms with Gasteiger partial charge in [-0.2, -0.15) is 0 Å². The molecule has 3 aromatic carbocycles. The minimum absolute atomic E-state index is 0.137. The minimum Gasteiger partial charge on any atom is -0.393 e. The Kier molecular flexibility index (Phi) is 13.5. The molecule has 0 heterocycles. The van der Waals surface area contributed by atoms with E-state index in [9.17, 15) is 0 Å². The summed E-state index contributed by atoms with van der Waals surface area (Å²) in [5.41, 5.74) is -0.412. The van der Waals surface area contributed by atoms with Crippen LogP contribution in [0, 0.1) is 0 Å². The Labute approximate surface area is 262 Å². The summed E-state index contributed by atoms with van der Waals surface area (Å²) in [7, 11) is 1.32. The Morgan fingerprint density at radius 3 is 0.791 bits per heavy atom. The van der Waals surface area contributed by atoms with Crippen LogP contribution in [-0.2, 0) is 26.6 Å². The highest BCUT2D eigenvalue weighted by Crippen LogP contribution is 2.35. The molecule has 7 nitrogen and oxygen atoms in total. The largest absolute Gasteiger partial charge is 0.393 e. The zero-order chi connectivity index (χ0) is 31.5. The van der Waals surface area contributed by atoms with Gasteiger partial charge in [0.25, 0.3) is 0 Å². The van der Waals surface area contributed by atoms with Crippen molar-refractivity contribution in [1.29, 1.82) is 0 Å². The zero-order valence-electron chi connectivity index (χ0n) is 27.4. The molecule has 0 amide bonds. The molecule has 3 atom stereocenters. The summed E-state index contributed by atoms with van der Waals surface area (Å²) in [5.74, 6) is 0. The van der Waals surface area contributed by atoms with E-state index >= 15 is 0 Å². The van der Waals surface area contributed by atoms with Crippen molar-refractivity contribution in [3.8, 4) is 0 Å². The molecule has 0 N–H and O–H groups in total. The molecule has 0 aromatic heterocycles. The van der Waals surface area contributed by atoms with Gasteiger partial charge < -0.3 is 26.6 Å². The van der Waals surface area contributed by atoms with Gasteiger partial charge in [-0.1, -0.05) is 112 Å². The number of nitrogens with zero attached hydrogens (tertiary/aromatic N) is 1. The van der Waals surface area contributed by atoms with Gasteiger partial charge in [-0.3, -0.25) is 4.90 Å². The second-order valence-electron chi connectivity index (χ2n) is 10.5. The van der Waals surface area contributed by atoms with Crippen LogP contribution in [0.4, 0.5) is 0 Å². The lowest BCUT2D eigenvalue weighted by molar-refractivity contribution is 0.0808. The van der Waals surface area contributed by atoms with E-state index in [2.05, 4.69) is 98.5 Å². The van der Waals surface area contributed by atoms with Crippen LogP contribution in [-0.4, -0.2) is 90.2 Å². The van der Waals surface area contributed by atoms with Crippen LogP contribution >= 0.6 is 0 Å². The van der Waals surface area contributed by atoms with Gasteiger partial charge in [-0.15, -0.1) is 0 Å². The van der Waals surface area contributed by atoms with Crippen molar-refractivity contribution in [3.05, 3.63) is 91.0 Å². The molecule has 0 aliphatic heterocycles. The van der Waals surface area contributed by atoms with E-state index < -0.39 is 25.7 Å². The Balaban J connectivity index is 2.46. The second kappa shape index (κ2) is 16.4. The molecule has 43 heavy (non-hydrogen) atoms. The SMILES string of the molecule is CCC(N(C(CC)[Si](OC)(OC)c1ccccc1)C(CC)[Si](OC)(OC)c1ccccc1)[Si](OC)(OC)c1ccccc1. The molecule has 0 saturated carbocycles. The Hall–Kier alpha value is -1.97. The molecule has 3 aromatic rings. The zero-order valence-corrected chi connectivity index (χ0v) is 30.4. The second-order valence-corrected chi connectivity index (χ2v) is 20.7. The maximum Gasteiger partial charge on any atom is 0.389 e. The van der Waals surface area contributed by atoms with E-state index in [1.165, 1.54) is 0 Å². The van der Waals surface area contributed by atoms with Crippen LogP contribution in [0.5, 0.6) is 0 Å². The fourth-order valence-corrected chi connectivity index (χ4v) is 18.0. The van der Waals surface area contributed by atoms with Gasteiger partial charge >= 0.3 is 25.7 Å². The summed E-state index contributed by atoms with van der Waals surface area (Å²) in [6, 6.07) is 31.2. The molecule has 10 heteroatoms. The van der Waals surface area contributed by atoms with E-state index in [1.54, 1.807) is 42.7 Å². The highest BCUT2D eigenvalue weighted by Gasteiger charge is 2.62. The van der Waals surface area contributed by atoms with Gasteiger partial charge in [0.1, 0.15) is 0 Å². The molecular weight excluding hydrogens is 591 g/mol. The van der Waals surface area contributed by atoms with E-state index in [1.807, 2.05) is 18.2 Å². The maximum absolute atomic E-state index is 6.61. The molecule has 236 valence electrons. The molecule has 0 fully saturated rings. The van der Waals surface area contributed by atoms with Crippen molar-refractivity contribution in [2.75, 3.05) is 42.7 Å². The fourth-order valence-electron chi connectivity index (χ4n) is 7.04. The number of benzene rings is 3. The minimum atomic E-state index is -3.13. The van der Waals surface area contributed by atoms with Crippen molar-refractivity contribution >= 4 is 41.2 Å². The fraction of sp³-hybridized carbons (Fsp3) is 0.455. The number of hydrogen-bond acceptors (Lipinski definition) is 7. The van der Waals surface area contributed by atoms with Gasteiger partial charge in [0.2, 0.25) is 0 Å². The van der Waals surface area contributed by atoms with E-state index in [-0.39, 0.29) is 17.0 Å². The molecule has 0 aliphatic carbocycles. The van der Waals surface area contributed by atoms with Crippen LogP contribution in [0.15, 0.2) is 91.0 Å². The van der Waals surface area contributed by atoms with Crippen molar-refractivity contribution in [2.24, 2.45) is 0 Å². The summed E-state index contributed by atoms with van der Waals surface area (Å²) in [4.78, 5) is 2.60. The molecule has 0 saturated heterocycles. The Bertz CT molecular complexity index is 1040. The topological polar surface area (TPSA) is 58.6 Å². The van der Waals surface area contributed by atoms with E-state index in [4.69, 9.17) is 26.6 Å². The maximum atomic E-state index is 6.61. The Morgan fingerprint density at radius 2 is 0.628 bits per heavy atom. The summed E-state index contributed by atoms with van der Waals surface area (Å²) < 4.78 is 39.7. The van der Waals surface area contributed by atoms with Gasteiger partial charge in [0.05, 0.1) is 17.0 Å². The van der Waals surface area contributed by atoms with Crippen LogP contribution in [0.2, 0.25) is 0 Å².